The Bertz CT molecular complexity index is 878. The Morgan fingerprint density at radius 1 is 1.12 bits per heavy atom. The predicted molar refractivity (Wildman–Crippen MR) is 92.0 cm³/mol. The van der Waals surface area contributed by atoms with E-state index < -0.39 is 10.1 Å². The van der Waals surface area contributed by atoms with Crippen LogP contribution in [-0.2, 0) is 14.9 Å². The SMILES string of the molecule is Cc1cc(OS(=O)(=O)c2ccc(N3CCCC3=O)cc2)ccc1Cl. The Balaban J connectivity index is 1.81. The fourth-order valence-electron chi connectivity index (χ4n) is 2.56. The molecule has 0 unspecified atom stereocenters. The predicted octanol–water partition coefficient (Wildman–Crippen LogP) is 3.54. The van der Waals surface area contributed by atoms with Gasteiger partial charge in [-0.3, -0.25) is 4.79 Å². The summed E-state index contributed by atoms with van der Waals surface area (Å²) < 4.78 is 29.9. The first-order valence-electron chi connectivity index (χ1n) is 7.48. The third-order valence-corrected chi connectivity index (χ3v) is 5.53. The minimum Gasteiger partial charge on any atom is -0.379 e. The molecular formula is C17H16ClNO4S. The Kier molecular flexibility index (Phi) is 4.51. The zero-order chi connectivity index (χ0) is 17.3. The van der Waals surface area contributed by atoms with Crippen molar-refractivity contribution >= 4 is 33.3 Å². The van der Waals surface area contributed by atoms with Crippen LogP contribution in [0.15, 0.2) is 47.4 Å². The van der Waals surface area contributed by atoms with Crippen molar-refractivity contribution in [1.29, 1.82) is 0 Å². The first kappa shape index (κ1) is 16.8. The van der Waals surface area contributed by atoms with Gasteiger partial charge in [-0.1, -0.05) is 11.6 Å². The number of carbonyl (C=O) groups is 1. The first-order valence-corrected chi connectivity index (χ1v) is 9.26. The summed E-state index contributed by atoms with van der Waals surface area (Å²) in [6, 6.07) is 10.8. The topological polar surface area (TPSA) is 63.7 Å². The number of hydrogen-bond donors (Lipinski definition) is 0. The summed E-state index contributed by atoms with van der Waals surface area (Å²) in [6.45, 7) is 2.43. The highest BCUT2D eigenvalue weighted by atomic mass is 35.5. The molecule has 0 N–H and O–H groups in total. The van der Waals surface area contributed by atoms with Gasteiger partial charge >= 0.3 is 10.1 Å². The number of benzene rings is 2. The number of amides is 1. The van der Waals surface area contributed by atoms with Crippen molar-refractivity contribution in [3.05, 3.63) is 53.1 Å². The molecule has 3 rings (SSSR count). The van der Waals surface area contributed by atoms with Gasteiger partial charge in [-0.15, -0.1) is 0 Å². The average Bonchev–Trinajstić information content (AvgIpc) is 2.97. The van der Waals surface area contributed by atoms with E-state index in [-0.39, 0.29) is 16.6 Å². The molecule has 0 spiro atoms. The third kappa shape index (κ3) is 3.39. The van der Waals surface area contributed by atoms with E-state index >= 15 is 0 Å². The van der Waals surface area contributed by atoms with E-state index in [1.54, 1.807) is 36.1 Å². The second-order valence-corrected chi connectivity index (χ2v) is 7.54. The van der Waals surface area contributed by atoms with Gasteiger partial charge in [0.05, 0.1) is 0 Å². The van der Waals surface area contributed by atoms with Crippen molar-refractivity contribution < 1.29 is 17.4 Å². The van der Waals surface area contributed by atoms with Gasteiger partial charge < -0.3 is 9.08 Å². The van der Waals surface area contributed by atoms with Crippen molar-refractivity contribution in [2.75, 3.05) is 11.4 Å². The number of halogens is 1. The van der Waals surface area contributed by atoms with Crippen molar-refractivity contribution in [3.63, 3.8) is 0 Å². The zero-order valence-electron chi connectivity index (χ0n) is 13.0. The molecule has 0 aromatic heterocycles. The average molecular weight is 366 g/mol. The quantitative estimate of drug-likeness (QED) is 0.777. The van der Waals surface area contributed by atoms with Crippen LogP contribution in [0.2, 0.25) is 5.02 Å². The lowest BCUT2D eigenvalue weighted by atomic mass is 10.2. The van der Waals surface area contributed by atoms with Crippen LogP contribution in [-0.4, -0.2) is 20.9 Å². The normalized spacial score (nSPS) is 14.9. The molecule has 5 nitrogen and oxygen atoms in total. The lowest BCUT2D eigenvalue weighted by molar-refractivity contribution is -0.117. The van der Waals surface area contributed by atoms with Gasteiger partial charge in [0.1, 0.15) is 10.6 Å². The molecular weight excluding hydrogens is 350 g/mol. The van der Waals surface area contributed by atoms with Crippen LogP contribution in [0.3, 0.4) is 0 Å². The molecule has 0 bridgehead atoms. The summed E-state index contributed by atoms with van der Waals surface area (Å²) in [5, 5.41) is 0.541. The number of anilines is 1. The number of nitrogens with zero attached hydrogens (tertiary/aromatic N) is 1. The maximum Gasteiger partial charge on any atom is 0.339 e. The number of carbonyl (C=O) groups excluding carboxylic acids is 1. The Labute approximate surface area is 145 Å². The van der Waals surface area contributed by atoms with Crippen LogP contribution >= 0.6 is 11.6 Å². The second kappa shape index (κ2) is 6.45. The Hall–Kier alpha value is -2.05. The molecule has 2 aromatic rings. The highest BCUT2D eigenvalue weighted by Crippen LogP contribution is 2.26. The molecule has 0 saturated carbocycles. The summed E-state index contributed by atoms with van der Waals surface area (Å²) in [5.74, 6) is 0.259. The molecule has 0 atom stereocenters. The van der Waals surface area contributed by atoms with E-state index in [4.69, 9.17) is 15.8 Å². The van der Waals surface area contributed by atoms with E-state index in [0.29, 0.717) is 23.7 Å². The van der Waals surface area contributed by atoms with Crippen LogP contribution in [0.4, 0.5) is 5.69 Å². The van der Waals surface area contributed by atoms with Crippen LogP contribution in [0.25, 0.3) is 0 Å². The van der Waals surface area contributed by atoms with Gasteiger partial charge in [-0.25, -0.2) is 0 Å². The molecule has 7 heteroatoms. The zero-order valence-corrected chi connectivity index (χ0v) is 14.6. The standard InChI is InChI=1S/C17H16ClNO4S/c1-12-11-14(6-9-16(12)18)23-24(21,22)15-7-4-13(5-8-15)19-10-2-3-17(19)20/h4-9,11H,2-3,10H2,1H3. The lowest BCUT2D eigenvalue weighted by Crippen LogP contribution is -2.23. The van der Waals surface area contributed by atoms with Crippen LogP contribution in [0, 0.1) is 6.92 Å². The highest BCUT2D eigenvalue weighted by Gasteiger charge is 2.23. The maximum absolute atomic E-state index is 12.4. The molecule has 1 fully saturated rings. The smallest absolute Gasteiger partial charge is 0.339 e. The molecule has 1 amide bonds. The van der Waals surface area contributed by atoms with E-state index in [9.17, 15) is 13.2 Å². The molecule has 0 aliphatic carbocycles. The Morgan fingerprint density at radius 3 is 2.42 bits per heavy atom. The van der Waals surface area contributed by atoms with Gasteiger partial charge in [0, 0.05) is 23.7 Å². The summed E-state index contributed by atoms with van der Waals surface area (Å²) in [7, 11) is -3.94. The summed E-state index contributed by atoms with van der Waals surface area (Å²) in [4.78, 5) is 13.4. The largest absolute Gasteiger partial charge is 0.379 e. The highest BCUT2D eigenvalue weighted by molar-refractivity contribution is 7.87. The van der Waals surface area contributed by atoms with Gasteiger partial charge in [-0.05, 0) is 61.4 Å². The minimum absolute atomic E-state index is 0.0329. The molecule has 126 valence electrons. The van der Waals surface area contributed by atoms with Gasteiger partial charge in [0.25, 0.3) is 0 Å². The van der Waals surface area contributed by atoms with E-state index in [0.717, 1.165) is 12.0 Å². The summed E-state index contributed by atoms with van der Waals surface area (Å²) in [5.41, 5.74) is 1.42. The molecule has 1 aliphatic heterocycles. The van der Waals surface area contributed by atoms with Crippen LogP contribution < -0.4 is 9.08 Å². The molecule has 1 saturated heterocycles. The molecule has 0 radical (unpaired) electrons. The number of aryl methyl sites for hydroxylation is 1. The fourth-order valence-corrected chi connectivity index (χ4v) is 3.60. The van der Waals surface area contributed by atoms with Crippen molar-refractivity contribution in [1.82, 2.24) is 0 Å². The van der Waals surface area contributed by atoms with Crippen molar-refractivity contribution in [2.45, 2.75) is 24.7 Å². The third-order valence-electron chi connectivity index (χ3n) is 3.85. The molecule has 1 aliphatic rings. The summed E-state index contributed by atoms with van der Waals surface area (Å²) >= 11 is 5.92. The van der Waals surface area contributed by atoms with Crippen molar-refractivity contribution in [3.8, 4) is 5.75 Å². The number of rotatable bonds is 4. The van der Waals surface area contributed by atoms with Crippen LogP contribution in [0.5, 0.6) is 5.75 Å². The van der Waals surface area contributed by atoms with Gasteiger partial charge in [0.2, 0.25) is 5.91 Å². The molecule has 24 heavy (non-hydrogen) atoms. The summed E-state index contributed by atoms with van der Waals surface area (Å²) in [6.07, 6.45) is 1.34. The fraction of sp³-hybridized carbons (Fsp3) is 0.235. The minimum atomic E-state index is -3.94. The molecule has 2 aromatic carbocycles. The lowest BCUT2D eigenvalue weighted by Gasteiger charge is -2.16. The first-order chi connectivity index (χ1) is 11.4. The monoisotopic (exact) mass is 365 g/mol. The maximum atomic E-state index is 12.4. The van der Waals surface area contributed by atoms with Crippen LogP contribution in [0.1, 0.15) is 18.4 Å². The Morgan fingerprint density at radius 2 is 1.83 bits per heavy atom. The van der Waals surface area contributed by atoms with E-state index in [1.165, 1.54) is 18.2 Å². The van der Waals surface area contributed by atoms with E-state index in [2.05, 4.69) is 0 Å². The van der Waals surface area contributed by atoms with Gasteiger partial charge in [0.15, 0.2) is 0 Å². The number of hydrogen-bond acceptors (Lipinski definition) is 4. The van der Waals surface area contributed by atoms with Crippen molar-refractivity contribution in [2.24, 2.45) is 0 Å². The second-order valence-electron chi connectivity index (χ2n) is 5.59. The van der Waals surface area contributed by atoms with E-state index in [1.807, 2.05) is 0 Å². The molecule has 1 heterocycles. The van der Waals surface area contributed by atoms with Gasteiger partial charge in [-0.2, -0.15) is 8.42 Å².